The van der Waals surface area contributed by atoms with Gasteiger partial charge in [-0.1, -0.05) is 60.2 Å². The molecule has 0 aromatic heterocycles. The zero-order valence-electron chi connectivity index (χ0n) is 14.3. The van der Waals surface area contributed by atoms with E-state index in [1.807, 2.05) is 49.4 Å². The molecule has 1 heterocycles. The number of aryl methyl sites for hydroxylation is 1. The number of hydrogen-bond donors (Lipinski definition) is 0. The van der Waals surface area contributed by atoms with Crippen LogP contribution in [-0.4, -0.2) is 35.5 Å². The number of hydrogen-bond acceptors (Lipinski definition) is 3. The zero-order chi connectivity index (χ0) is 17.8. The van der Waals surface area contributed by atoms with E-state index < -0.39 is 11.7 Å². The van der Waals surface area contributed by atoms with Gasteiger partial charge in [-0.3, -0.25) is 14.4 Å². The molecule has 4 heteroatoms. The molecule has 0 aliphatic carbocycles. The number of carbonyl (C=O) groups excluding carboxylic acids is 3. The summed E-state index contributed by atoms with van der Waals surface area (Å²) in [6.45, 7) is 2.82. The van der Waals surface area contributed by atoms with E-state index in [0.29, 0.717) is 37.1 Å². The fraction of sp³-hybridized carbons (Fsp3) is 0.286. The second kappa shape index (κ2) is 7.43. The Morgan fingerprint density at radius 2 is 1.44 bits per heavy atom. The fourth-order valence-corrected chi connectivity index (χ4v) is 3.15. The Morgan fingerprint density at radius 3 is 2.04 bits per heavy atom. The molecule has 0 spiro atoms. The van der Waals surface area contributed by atoms with Crippen molar-refractivity contribution in [1.29, 1.82) is 0 Å². The molecule has 1 saturated heterocycles. The number of rotatable bonds is 4. The molecule has 3 rings (SSSR count). The van der Waals surface area contributed by atoms with Gasteiger partial charge in [0.05, 0.1) is 0 Å². The van der Waals surface area contributed by atoms with Crippen LogP contribution in [0.15, 0.2) is 54.6 Å². The Morgan fingerprint density at radius 1 is 0.840 bits per heavy atom. The molecular weight excluding hydrogens is 314 g/mol. The molecule has 128 valence electrons. The van der Waals surface area contributed by atoms with Gasteiger partial charge in [-0.25, -0.2) is 0 Å². The van der Waals surface area contributed by atoms with E-state index >= 15 is 0 Å². The van der Waals surface area contributed by atoms with Gasteiger partial charge < -0.3 is 4.90 Å². The molecule has 0 unspecified atom stereocenters. The van der Waals surface area contributed by atoms with Gasteiger partial charge in [0.25, 0.3) is 5.91 Å². The summed E-state index contributed by atoms with van der Waals surface area (Å²) >= 11 is 0. The summed E-state index contributed by atoms with van der Waals surface area (Å²) in [7, 11) is 0. The lowest BCUT2D eigenvalue weighted by Crippen LogP contribution is -2.43. The predicted molar refractivity (Wildman–Crippen MR) is 95.6 cm³/mol. The Balaban J connectivity index is 1.60. The highest BCUT2D eigenvalue weighted by Crippen LogP contribution is 2.22. The number of nitrogens with zero attached hydrogens (tertiary/aromatic N) is 1. The number of likely N-dealkylation sites (tertiary alicyclic amines) is 1. The Labute approximate surface area is 147 Å². The molecule has 1 aliphatic rings. The molecule has 0 N–H and O–H groups in total. The standard InChI is InChI=1S/C21H21NO3/c1-15-7-9-17(10-8-15)20(24)21(25)22-13-11-18(12-14-22)19(23)16-5-3-2-4-6-16/h2-10,18H,11-14H2,1H3. The van der Waals surface area contributed by atoms with Crippen molar-refractivity contribution in [3.05, 3.63) is 71.3 Å². The van der Waals surface area contributed by atoms with Crippen LogP contribution in [0.25, 0.3) is 0 Å². The number of carbonyl (C=O) groups is 3. The van der Waals surface area contributed by atoms with Crippen molar-refractivity contribution in [3.8, 4) is 0 Å². The van der Waals surface area contributed by atoms with Gasteiger partial charge in [-0.05, 0) is 19.8 Å². The van der Waals surface area contributed by atoms with E-state index in [9.17, 15) is 14.4 Å². The van der Waals surface area contributed by atoms with Gasteiger partial charge in [0, 0.05) is 30.1 Å². The van der Waals surface area contributed by atoms with Crippen LogP contribution in [0, 0.1) is 12.8 Å². The van der Waals surface area contributed by atoms with Crippen LogP contribution in [0.5, 0.6) is 0 Å². The summed E-state index contributed by atoms with van der Waals surface area (Å²) in [6.07, 6.45) is 1.20. The van der Waals surface area contributed by atoms with Crippen LogP contribution in [-0.2, 0) is 4.79 Å². The third-order valence-corrected chi connectivity index (χ3v) is 4.72. The fourth-order valence-electron chi connectivity index (χ4n) is 3.15. The largest absolute Gasteiger partial charge is 0.336 e. The number of piperidine rings is 1. The maximum atomic E-state index is 12.5. The summed E-state index contributed by atoms with van der Waals surface area (Å²) in [5.74, 6) is -0.916. The lowest BCUT2D eigenvalue weighted by Gasteiger charge is -2.30. The van der Waals surface area contributed by atoms with Crippen molar-refractivity contribution in [2.24, 2.45) is 5.92 Å². The Bertz CT molecular complexity index is 773. The van der Waals surface area contributed by atoms with Crippen molar-refractivity contribution < 1.29 is 14.4 Å². The van der Waals surface area contributed by atoms with E-state index in [4.69, 9.17) is 0 Å². The summed E-state index contributed by atoms with van der Waals surface area (Å²) in [6, 6.07) is 16.2. The van der Waals surface area contributed by atoms with Gasteiger partial charge >= 0.3 is 0 Å². The van der Waals surface area contributed by atoms with Crippen LogP contribution in [0.3, 0.4) is 0 Å². The average molecular weight is 335 g/mol. The van der Waals surface area contributed by atoms with Crippen molar-refractivity contribution in [2.75, 3.05) is 13.1 Å². The third kappa shape index (κ3) is 3.85. The Hall–Kier alpha value is -2.75. The number of ketones is 2. The van der Waals surface area contributed by atoms with Crippen LogP contribution < -0.4 is 0 Å². The van der Waals surface area contributed by atoms with Crippen LogP contribution >= 0.6 is 0 Å². The van der Waals surface area contributed by atoms with E-state index in [1.54, 1.807) is 17.0 Å². The second-order valence-corrected chi connectivity index (χ2v) is 6.49. The van der Waals surface area contributed by atoms with E-state index in [2.05, 4.69) is 0 Å². The van der Waals surface area contributed by atoms with E-state index in [1.165, 1.54) is 0 Å². The topological polar surface area (TPSA) is 54.5 Å². The molecule has 1 amide bonds. The van der Waals surface area contributed by atoms with Crippen molar-refractivity contribution in [3.63, 3.8) is 0 Å². The first kappa shape index (κ1) is 17.1. The minimum atomic E-state index is -0.479. The highest BCUT2D eigenvalue weighted by Gasteiger charge is 2.30. The molecule has 0 radical (unpaired) electrons. The maximum absolute atomic E-state index is 12.5. The molecule has 1 aliphatic heterocycles. The van der Waals surface area contributed by atoms with Gasteiger partial charge in [0.15, 0.2) is 5.78 Å². The van der Waals surface area contributed by atoms with Gasteiger partial charge in [-0.2, -0.15) is 0 Å². The zero-order valence-corrected chi connectivity index (χ0v) is 14.3. The lowest BCUT2D eigenvalue weighted by atomic mass is 9.88. The molecule has 0 saturated carbocycles. The first-order chi connectivity index (χ1) is 12.1. The molecule has 2 aromatic carbocycles. The lowest BCUT2D eigenvalue weighted by molar-refractivity contribution is -0.127. The van der Waals surface area contributed by atoms with Crippen molar-refractivity contribution in [2.45, 2.75) is 19.8 Å². The molecule has 25 heavy (non-hydrogen) atoms. The highest BCUT2D eigenvalue weighted by molar-refractivity contribution is 6.42. The smallest absolute Gasteiger partial charge is 0.294 e. The van der Waals surface area contributed by atoms with Gasteiger partial charge in [-0.15, -0.1) is 0 Å². The normalized spacial score (nSPS) is 15.0. The molecule has 0 bridgehead atoms. The number of Topliss-reactive ketones (excluding diaryl/α,β-unsaturated/α-hetero) is 2. The summed E-state index contributed by atoms with van der Waals surface area (Å²) in [5, 5.41) is 0. The number of benzene rings is 2. The first-order valence-corrected chi connectivity index (χ1v) is 8.56. The van der Waals surface area contributed by atoms with E-state index in [0.717, 1.165) is 5.56 Å². The summed E-state index contributed by atoms with van der Waals surface area (Å²) in [4.78, 5) is 38.8. The molecule has 1 fully saturated rings. The second-order valence-electron chi connectivity index (χ2n) is 6.49. The third-order valence-electron chi connectivity index (χ3n) is 4.72. The predicted octanol–water partition coefficient (Wildman–Crippen LogP) is 3.30. The maximum Gasteiger partial charge on any atom is 0.294 e. The van der Waals surface area contributed by atoms with Crippen LogP contribution in [0.1, 0.15) is 39.1 Å². The minimum absolute atomic E-state index is 0.0825. The van der Waals surface area contributed by atoms with Crippen molar-refractivity contribution >= 4 is 17.5 Å². The monoisotopic (exact) mass is 335 g/mol. The average Bonchev–Trinajstić information content (AvgIpc) is 2.67. The highest BCUT2D eigenvalue weighted by atomic mass is 16.2. The number of amides is 1. The minimum Gasteiger partial charge on any atom is -0.336 e. The van der Waals surface area contributed by atoms with Gasteiger partial charge in [0.1, 0.15) is 0 Å². The quantitative estimate of drug-likeness (QED) is 0.636. The van der Waals surface area contributed by atoms with Crippen molar-refractivity contribution in [1.82, 2.24) is 4.90 Å². The molecule has 2 aromatic rings. The summed E-state index contributed by atoms with van der Waals surface area (Å²) in [5.41, 5.74) is 2.17. The Kier molecular flexibility index (Phi) is 5.08. The SMILES string of the molecule is Cc1ccc(C(=O)C(=O)N2CCC(C(=O)c3ccccc3)CC2)cc1. The molecule has 0 atom stereocenters. The van der Waals surface area contributed by atoms with E-state index in [-0.39, 0.29) is 11.7 Å². The first-order valence-electron chi connectivity index (χ1n) is 8.56. The van der Waals surface area contributed by atoms with Gasteiger partial charge in [0.2, 0.25) is 5.78 Å². The van der Waals surface area contributed by atoms with Crippen LogP contribution in [0.4, 0.5) is 0 Å². The molecule has 4 nitrogen and oxygen atoms in total. The molecular formula is C21H21NO3. The van der Waals surface area contributed by atoms with Crippen LogP contribution in [0.2, 0.25) is 0 Å². The summed E-state index contributed by atoms with van der Waals surface area (Å²) < 4.78 is 0.